The SMILES string of the molecule is CCCCC(C)CC1(CC(CC)CCCC)c2cc(-c3sc(/C=C4\C(=O)c5cc(F)c(F)cc5C4=C(C#N)C#N)cc3OCC(CC)CCCC)sc2-c2sc(-c3sc(/C=C4\C(=O)c5cc(F)c(F)cc5C4=C(C#N)C#N)cc3OCC(CC)CCCC)cc21. The fraction of sp³-hybridized carbons (Fsp3) is 0.432. The molecule has 0 fully saturated rings. The van der Waals surface area contributed by atoms with Crippen molar-refractivity contribution in [3.8, 4) is 65.0 Å². The van der Waals surface area contributed by atoms with E-state index in [0.29, 0.717) is 46.3 Å². The van der Waals surface area contributed by atoms with Gasteiger partial charge >= 0.3 is 0 Å². The first-order valence-electron chi connectivity index (χ1n) is 31.9. The van der Waals surface area contributed by atoms with Crippen molar-refractivity contribution in [3.63, 3.8) is 0 Å². The van der Waals surface area contributed by atoms with E-state index in [1.165, 1.54) is 33.8 Å². The number of thiophene rings is 4. The molecule has 2 aromatic carbocycles. The Morgan fingerprint density at radius 1 is 0.489 bits per heavy atom. The number of nitrogens with zero attached hydrogens (tertiary/aromatic N) is 4. The van der Waals surface area contributed by atoms with Crippen molar-refractivity contribution in [2.45, 2.75) is 170 Å². The van der Waals surface area contributed by atoms with Crippen LogP contribution in [0.4, 0.5) is 17.6 Å². The van der Waals surface area contributed by atoms with Gasteiger partial charge in [0.2, 0.25) is 0 Å². The molecule has 90 heavy (non-hydrogen) atoms. The Morgan fingerprint density at radius 3 is 1.22 bits per heavy atom. The lowest BCUT2D eigenvalue weighted by molar-refractivity contribution is 0.103. The molecule has 9 rings (SSSR count). The van der Waals surface area contributed by atoms with Gasteiger partial charge in [0.1, 0.15) is 46.9 Å². The minimum Gasteiger partial charge on any atom is -0.492 e. The number of ether oxygens (including phenoxy) is 2. The molecule has 16 heteroatoms. The number of hydrogen-bond donors (Lipinski definition) is 0. The predicted molar refractivity (Wildman–Crippen MR) is 357 cm³/mol. The first kappa shape index (κ1) is 67.2. The highest BCUT2D eigenvalue weighted by Gasteiger charge is 2.48. The summed E-state index contributed by atoms with van der Waals surface area (Å²) in [5.74, 6) is -3.55. The van der Waals surface area contributed by atoms with Crippen LogP contribution in [0.15, 0.2) is 70.8 Å². The second-order valence-electron chi connectivity index (χ2n) is 24.3. The highest BCUT2D eigenvalue weighted by Crippen LogP contribution is 2.64. The molecule has 0 spiro atoms. The van der Waals surface area contributed by atoms with Gasteiger partial charge in [0.15, 0.2) is 34.8 Å². The molecule has 0 radical (unpaired) electrons. The van der Waals surface area contributed by atoms with Gasteiger partial charge in [0, 0.05) is 68.1 Å². The summed E-state index contributed by atoms with van der Waals surface area (Å²) in [6, 6.07) is 19.5. The molecule has 4 atom stereocenters. The average molecular weight is 1290 g/mol. The molecule has 8 nitrogen and oxygen atoms in total. The summed E-state index contributed by atoms with van der Waals surface area (Å²) in [5, 5.41) is 40.7. The van der Waals surface area contributed by atoms with Gasteiger partial charge in [-0.1, -0.05) is 139 Å². The lowest BCUT2D eigenvalue weighted by atomic mass is 9.66. The monoisotopic (exact) mass is 1290 g/mol. The largest absolute Gasteiger partial charge is 0.492 e. The fourth-order valence-corrected chi connectivity index (χ4v) is 18.1. The van der Waals surface area contributed by atoms with Crippen molar-refractivity contribution in [2.24, 2.45) is 23.7 Å². The second kappa shape index (κ2) is 29.8. The van der Waals surface area contributed by atoms with Crippen molar-refractivity contribution in [1.82, 2.24) is 0 Å². The summed E-state index contributed by atoms with van der Waals surface area (Å²) in [6.45, 7) is 18.7. The third kappa shape index (κ3) is 13.6. The van der Waals surface area contributed by atoms with Gasteiger partial charge in [0.05, 0.1) is 23.0 Å². The van der Waals surface area contributed by atoms with Crippen molar-refractivity contribution < 1.29 is 36.6 Å². The highest BCUT2D eigenvalue weighted by atomic mass is 32.1. The van der Waals surface area contributed by atoms with Crippen LogP contribution in [-0.4, -0.2) is 24.8 Å². The van der Waals surface area contributed by atoms with Gasteiger partial charge in [-0.3, -0.25) is 9.59 Å². The number of carbonyl (C=O) groups is 2. The molecule has 468 valence electrons. The molecular weight excluding hydrogens is 1210 g/mol. The Balaban J connectivity index is 1.26. The topological polar surface area (TPSA) is 148 Å². The number of ketones is 2. The second-order valence-corrected chi connectivity index (χ2v) is 28.6. The molecule has 0 amide bonds. The van der Waals surface area contributed by atoms with E-state index in [9.17, 15) is 48.2 Å². The molecule has 3 aliphatic carbocycles. The van der Waals surface area contributed by atoms with Crippen LogP contribution in [0.2, 0.25) is 0 Å². The van der Waals surface area contributed by atoms with Crippen molar-refractivity contribution in [2.75, 3.05) is 13.2 Å². The summed E-state index contributed by atoms with van der Waals surface area (Å²) in [7, 11) is 0. The molecule has 0 N–H and O–H groups in total. The molecular formula is C74H76F4N4O4S4. The fourth-order valence-electron chi connectivity index (χ4n) is 13.2. The third-order valence-corrected chi connectivity index (χ3v) is 23.2. The van der Waals surface area contributed by atoms with Crippen LogP contribution >= 0.6 is 45.3 Å². The van der Waals surface area contributed by atoms with Gasteiger partial charge < -0.3 is 9.47 Å². The Kier molecular flexibility index (Phi) is 22.3. The normalized spacial score (nSPS) is 16.9. The van der Waals surface area contributed by atoms with E-state index in [2.05, 4.69) is 67.5 Å². The number of rotatable bonds is 29. The van der Waals surface area contributed by atoms with Gasteiger partial charge in [-0.2, -0.15) is 21.0 Å². The Labute approximate surface area is 543 Å². The summed E-state index contributed by atoms with van der Waals surface area (Å²) >= 11 is 6.26. The predicted octanol–water partition coefficient (Wildman–Crippen LogP) is 22.3. The van der Waals surface area contributed by atoms with Gasteiger partial charge in [-0.05, 0) is 132 Å². The van der Waals surface area contributed by atoms with Crippen LogP contribution in [0.5, 0.6) is 11.5 Å². The minimum absolute atomic E-state index is 0.0109. The smallest absolute Gasteiger partial charge is 0.194 e. The Bertz CT molecular complexity index is 3760. The van der Waals surface area contributed by atoms with E-state index >= 15 is 0 Å². The van der Waals surface area contributed by atoms with Crippen molar-refractivity contribution in [1.29, 1.82) is 21.0 Å². The zero-order chi connectivity index (χ0) is 64.6. The van der Waals surface area contributed by atoms with Crippen LogP contribution in [-0.2, 0) is 5.41 Å². The number of halogens is 4. The van der Waals surface area contributed by atoms with Crippen LogP contribution in [0, 0.1) is 92.3 Å². The summed E-state index contributed by atoms with van der Waals surface area (Å²) in [6.07, 6.45) is 20.4. The zero-order valence-corrected chi connectivity index (χ0v) is 55.9. The number of carbonyl (C=O) groups excluding carboxylic acids is 2. The maximum atomic E-state index is 14.9. The minimum atomic E-state index is -1.21. The zero-order valence-electron chi connectivity index (χ0n) is 52.6. The highest BCUT2D eigenvalue weighted by molar-refractivity contribution is 7.29. The molecule has 3 aliphatic rings. The molecule has 4 unspecified atom stereocenters. The number of allylic oxidation sites excluding steroid dienone is 6. The number of nitriles is 4. The van der Waals surface area contributed by atoms with Crippen molar-refractivity contribution in [3.05, 3.63) is 137 Å². The van der Waals surface area contributed by atoms with E-state index in [-0.39, 0.29) is 56.4 Å². The number of fused-ring (bicyclic) bond motifs is 5. The quantitative estimate of drug-likeness (QED) is 0.0256. The lowest BCUT2D eigenvalue weighted by Crippen LogP contribution is -2.30. The standard InChI is InChI=1S/C74H76F4N4O4S4/c1-9-16-20-42(8)34-74(35-43(13-5)21-17-10-2)56-32-64(72-62(85-40-44(14-6)22-18-11-3)26-48(87-72)24-54-66(46(36-79)37-80)50-28-58(75)60(77)30-52(50)68(54)83)89-70(56)71-57(74)33-65(90-71)73-63(86-41-45(15-7)23-19-12-4)27-49(88-73)25-55-67(47(38-81)39-82)51-29-59(76)61(78)31-53(51)69(55)84/h24-33,42-45H,9-23,34-35,40-41H2,1-8H3/b54-24-,55-25-. The van der Waals surface area contributed by atoms with Crippen LogP contribution in [0.3, 0.4) is 0 Å². The van der Waals surface area contributed by atoms with Crippen LogP contribution in [0.1, 0.15) is 217 Å². The molecule has 0 saturated heterocycles. The average Bonchev–Trinajstić information content (AvgIpc) is 1.54. The van der Waals surface area contributed by atoms with E-state index in [4.69, 9.17) is 9.47 Å². The van der Waals surface area contributed by atoms with E-state index in [0.717, 1.165) is 163 Å². The van der Waals surface area contributed by atoms with Crippen molar-refractivity contribution >= 4 is 80.2 Å². The molecule has 4 heterocycles. The number of benzene rings is 2. The molecule has 4 aromatic heterocycles. The lowest BCUT2D eigenvalue weighted by Gasteiger charge is -2.37. The maximum absolute atomic E-state index is 14.9. The first-order chi connectivity index (χ1) is 43.5. The molecule has 0 bridgehead atoms. The van der Waals surface area contributed by atoms with Gasteiger partial charge in [-0.25, -0.2) is 17.6 Å². The third-order valence-electron chi connectivity index (χ3n) is 18.2. The maximum Gasteiger partial charge on any atom is 0.194 e. The summed E-state index contributed by atoms with van der Waals surface area (Å²) in [4.78, 5) is 35.7. The number of unbranched alkanes of at least 4 members (excludes halogenated alkanes) is 4. The molecule has 0 aliphatic heterocycles. The Morgan fingerprint density at radius 2 is 0.856 bits per heavy atom. The summed E-state index contributed by atoms with van der Waals surface area (Å²) < 4.78 is 73.4. The van der Waals surface area contributed by atoms with Crippen LogP contribution in [0.25, 0.3) is 52.6 Å². The summed E-state index contributed by atoms with van der Waals surface area (Å²) in [5.41, 5.74) is 0.915. The van der Waals surface area contributed by atoms with E-state index in [1.807, 2.05) is 36.4 Å². The van der Waals surface area contributed by atoms with Gasteiger partial charge in [0.25, 0.3) is 0 Å². The van der Waals surface area contributed by atoms with E-state index in [1.54, 1.807) is 34.8 Å². The number of hydrogen-bond acceptors (Lipinski definition) is 12. The van der Waals surface area contributed by atoms with Gasteiger partial charge in [-0.15, -0.1) is 45.3 Å². The molecule has 6 aromatic rings. The molecule has 0 saturated carbocycles. The van der Waals surface area contributed by atoms with E-state index < -0.39 is 51.4 Å². The number of Topliss-reactive ketones (excluding diaryl/α,β-unsaturated/α-hetero) is 2. The first-order valence-corrected chi connectivity index (χ1v) is 35.2. The Hall–Kier alpha value is -7.18. The van der Waals surface area contributed by atoms with Crippen LogP contribution < -0.4 is 9.47 Å².